The van der Waals surface area contributed by atoms with Crippen LogP contribution in [0.1, 0.15) is 26.7 Å². The molecule has 0 heterocycles. The number of para-hydroxylation sites is 1. The Bertz CT molecular complexity index is 375. The summed E-state index contributed by atoms with van der Waals surface area (Å²) in [5.74, 6) is -0.312. The fraction of sp³-hybridized carbons (Fsp3) is 0.417. The summed E-state index contributed by atoms with van der Waals surface area (Å²) in [6.45, 7) is 3.91. The lowest BCUT2D eigenvalue weighted by molar-refractivity contribution is -0.122. The molecule has 1 aromatic rings. The van der Waals surface area contributed by atoms with Gasteiger partial charge in [0.25, 0.3) is 0 Å². The van der Waals surface area contributed by atoms with E-state index in [9.17, 15) is 4.79 Å². The van der Waals surface area contributed by atoms with E-state index < -0.39 is 5.54 Å². The van der Waals surface area contributed by atoms with Gasteiger partial charge in [-0.25, -0.2) is 0 Å². The van der Waals surface area contributed by atoms with Crippen molar-refractivity contribution in [1.29, 1.82) is 0 Å². The van der Waals surface area contributed by atoms with Gasteiger partial charge in [0.2, 0.25) is 5.91 Å². The fourth-order valence-electron chi connectivity index (χ4n) is 1.66. The number of anilines is 1. The molecule has 0 radical (unpaired) electrons. The maximum absolute atomic E-state index is 11.5. The van der Waals surface area contributed by atoms with Crippen molar-refractivity contribution in [3.63, 3.8) is 0 Å². The summed E-state index contributed by atoms with van der Waals surface area (Å²) in [5, 5.41) is 3.24. The first-order valence-electron chi connectivity index (χ1n) is 5.38. The van der Waals surface area contributed by atoms with Crippen LogP contribution in [-0.4, -0.2) is 11.4 Å². The number of nitrogens with two attached hydrogens (primary N) is 1. The predicted molar refractivity (Wildman–Crippen MR) is 70.3 cm³/mol. The molecule has 1 aromatic carbocycles. The molecule has 0 spiro atoms. The predicted octanol–water partition coefficient (Wildman–Crippen LogP) is 2.91. The molecule has 0 unspecified atom stereocenters. The average molecular weight is 285 g/mol. The zero-order chi connectivity index (χ0) is 12.2. The maximum Gasteiger partial charge on any atom is 0.243 e. The molecule has 0 atom stereocenters. The Labute approximate surface area is 105 Å². The van der Waals surface area contributed by atoms with E-state index in [1.165, 1.54) is 0 Å². The van der Waals surface area contributed by atoms with Crippen LogP contribution in [0.3, 0.4) is 0 Å². The highest BCUT2D eigenvalue weighted by atomic mass is 79.9. The largest absolute Gasteiger partial charge is 0.370 e. The van der Waals surface area contributed by atoms with E-state index in [-0.39, 0.29) is 5.91 Å². The van der Waals surface area contributed by atoms with Gasteiger partial charge in [0.05, 0.1) is 0 Å². The van der Waals surface area contributed by atoms with E-state index >= 15 is 0 Å². The molecule has 0 aromatic heterocycles. The number of rotatable bonds is 5. The van der Waals surface area contributed by atoms with Gasteiger partial charge in [-0.05, 0) is 40.9 Å². The number of amides is 1. The highest BCUT2D eigenvalue weighted by Gasteiger charge is 2.32. The van der Waals surface area contributed by atoms with Crippen molar-refractivity contribution < 1.29 is 4.79 Å². The van der Waals surface area contributed by atoms with Crippen LogP contribution in [0.5, 0.6) is 0 Å². The van der Waals surface area contributed by atoms with Crippen molar-refractivity contribution in [1.82, 2.24) is 0 Å². The molecule has 0 aliphatic rings. The number of hydrogen-bond donors (Lipinski definition) is 2. The van der Waals surface area contributed by atoms with Crippen LogP contribution in [-0.2, 0) is 4.79 Å². The number of halogens is 1. The summed E-state index contributed by atoms with van der Waals surface area (Å²) in [4.78, 5) is 11.5. The average Bonchev–Trinajstić information content (AvgIpc) is 2.28. The number of carbonyl (C=O) groups excluding carboxylic acids is 1. The quantitative estimate of drug-likeness (QED) is 0.874. The van der Waals surface area contributed by atoms with Gasteiger partial charge in [0, 0.05) is 10.2 Å². The summed E-state index contributed by atoms with van der Waals surface area (Å²) in [6, 6.07) is 7.70. The minimum Gasteiger partial charge on any atom is -0.370 e. The third-order valence-electron chi connectivity index (χ3n) is 2.93. The molecule has 0 saturated heterocycles. The Hall–Kier alpha value is -1.03. The van der Waals surface area contributed by atoms with E-state index in [1.807, 2.05) is 38.1 Å². The molecule has 1 rings (SSSR count). The number of nitrogens with one attached hydrogen (secondary N) is 1. The fourth-order valence-corrected chi connectivity index (χ4v) is 2.04. The van der Waals surface area contributed by atoms with Gasteiger partial charge >= 0.3 is 0 Å². The van der Waals surface area contributed by atoms with Gasteiger partial charge in [-0.2, -0.15) is 0 Å². The van der Waals surface area contributed by atoms with Gasteiger partial charge in [0.1, 0.15) is 5.54 Å². The van der Waals surface area contributed by atoms with Crippen LogP contribution >= 0.6 is 15.9 Å². The summed E-state index contributed by atoms with van der Waals surface area (Å²) < 4.78 is 0.933. The van der Waals surface area contributed by atoms with E-state index in [4.69, 9.17) is 5.73 Å². The summed E-state index contributed by atoms with van der Waals surface area (Å²) in [7, 11) is 0. The van der Waals surface area contributed by atoms with E-state index in [1.54, 1.807) is 0 Å². The normalized spacial score (nSPS) is 11.2. The lowest BCUT2D eigenvalue weighted by atomic mass is 9.91. The van der Waals surface area contributed by atoms with Crippen LogP contribution in [0.15, 0.2) is 28.7 Å². The first-order valence-corrected chi connectivity index (χ1v) is 6.17. The summed E-state index contributed by atoms with van der Waals surface area (Å²) >= 11 is 3.44. The number of carbonyl (C=O) groups is 1. The number of hydrogen-bond acceptors (Lipinski definition) is 2. The van der Waals surface area contributed by atoms with Crippen LogP contribution in [0.4, 0.5) is 5.69 Å². The Kier molecular flexibility index (Phi) is 4.35. The van der Waals surface area contributed by atoms with Crippen LogP contribution in [0.2, 0.25) is 0 Å². The van der Waals surface area contributed by atoms with Gasteiger partial charge < -0.3 is 11.1 Å². The molecule has 3 N–H and O–H groups in total. The highest BCUT2D eigenvalue weighted by Crippen LogP contribution is 2.27. The maximum atomic E-state index is 11.5. The van der Waals surface area contributed by atoms with E-state index in [2.05, 4.69) is 21.2 Å². The first-order chi connectivity index (χ1) is 7.55. The SMILES string of the molecule is CCC(CC)(Nc1ccccc1Br)C(N)=O. The molecule has 4 heteroatoms. The molecular weight excluding hydrogens is 268 g/mol. The van der Waals surface area contributed by atoms with Crippen molar-refractivity contribution in [2.24, 2.45) is 5.73 Å². The van der Waals surface area contributed by atoms with Crippen LogP contribution in [0, 0.1) is 0 Å². The Morgan fingerprint density at radius 1 is 1.38 bits per heavy atom. The summed E-state index contributed by atoms with van der Waals surface area (Å²) in [5.41, 5.74) is 5.70. The second-order valence-electron chi connectivity index (χ2n) is 3.76. The molecule has 0 aliphatic heterocycles. The van der Waals surface area contributed by atoms with Crippen LogP contribution in [0.25, 0.3) is 0 Å². The lowest BCUT2D eigenvalue weighted by Crippen LogP contribution is -2.49. The minimum atomic E-state index is -0.663. The monoisotopic (exact) mass is 284 g/mol. The van der Waals surface area contributed by atoms with Crippen molar-refractivity contribution in [2.45, 2.75) is 32.2 Å². The van der Waals surface area contributed by atoms with Crippen molar-refractivity contribution in [3.05, 3.63) is 28.7 Å². The Balaban J connectivity index is 3.01. The third-order valence-corrected chi connectivity index (χ3v) is 3.62. The molecule has 3 nitrogen and oxygen atoms in total. The molecule has 1 amide bonds. The van der Waals surface area contributed by atoms with Gasteiger partial charge in [0.15, 0.2) is 0 Å². The Morgan fingerprint density at radius 2 is 1.94 bits per heavy atom. The second-order valence-corrected chi connectivity index (χ2v) is 4.61. The topological polar surface area (TPSA) is 55.1 Å². The van der Waals surface area contributed by atoms with E-state index in [0.29, 0.717) is 12.8 Å². The minimum absolute atomic E-state index is 0.312. The van der Waals surface area contributed by atoms with Gasteiger partial charge in [-0.3, -0.25) is 4.79 Å². The molecule has 0 bridgehead atoms. The number of primary amides is 1. The van der Waals surface area contributed by atoms with Crippen molar-refractivity contribution in [3.8, 4) is 0 Å². The third kappa shape index (κ3) is 2.55. The highest BCUT2D eigenvalue weighted by molar-refractivity contribution is 9.10. The van der Waals surface area contributed by atoms with Crippen molar-refractivity contribution >= 4 is 27.5 Å². The zero-order valence-electron chi connectivity index (χ0n) is 9.59. The zero-order valence-corrected chi connectivity index (χ0v) is 11.2. The Morgan fingerprint density at radius 3 is 2.38 bits per heavy atom. The second kappa shape index (κ2) is 5.34. The molecule has 0 fully saturated rings. The van der Waals surface area contributed by atoms with Gasteiger partial charge in [-0.1, -0.05) is 26.0 Å². The first kappa shape index (κ1) is 13.0. The standard InChI is InChI=1S/C12H17BrN2O/c1-3-12(4-2,11(14)16)15-10-8-6-5-7-9(10)13/h5-8,15H,3-4H2,1-2H3,(H2,14,16). The molecule has 16 heavy (non-hydrogen) atoms. The lowest BCUT2D eigenvalue weighted by Gasteiger charge is -2.30. The van der Waals surface area contributed by atoms with Crippen LogP contribution < -0.4 is 11.1 Å². The molecule has 0 saturated carbocycles. The van der Waals surface area contributed by atoms with E-state index in [0.717, 1.165) is 10.2 Å². The number of benzene rings is 1. The van der Waals surface area contributed by atoms with Crippen molar-refractivity contribution in [2.75, 3.05) is 5.32 Å². The molecule has 0 aliphatic carbocycles. The molecular formula is C12H17BrN2O. The smallest absolute Gasteiger partial charge is 0.243 e. The molecule has 88 valence electrons. The van der Waals surface area contributed by atoms with Gasteiger partial charge in [-0.15, -0.1) is 0 Å². The summed E-state index contributed by atoms with van der Waals surface area (Å²) in [6.07, 6.45) is 1.33.